The number of anilines is 2. The number of rotatable bonds is 5. The second kappa shape index (κ2) is 8.27. The molecule has 0 radical (unpaired) electrons. The van der Waals surface area contributed by atoms with E-state index in [1.807, 2.05) is 18.3 Å². The molecule has 0 fully saturated rings. The van der Waals surface area contributed by atoms with Crippen LogP contribution in [0.3, 0.4) is 0 Å². The highest BCUT2D eigenvalue weighted by atomic mass is 15.2. The van der Waals surface area contributed by atoms with E-state index in [2.05, 4.69) is 56.6 Å². The zero-order valence-electron chi connectivity index (χ0n) is 15.3. The van der Waals surface area contributed by atoms with Gasteiger partial charge in [0.1, 0.15) is 23.9 Å². The molecule has 1 unspecified atom stereocenters. The number of nitrogens with one attached hydrogen (secondary N) is 4. The summed E-state index contributed by atoms with van der Waals surface area (Å²) in [6.07, 6.45) is 7.76. The topological polar surface area (TPSA) is 97.2 Å². The Labute approximate surface area is 163 Å². The molecule has 0 bridgehead atoms. The molecule has 0 saturated carbocycles. The van der Waals surface area contributed by atoms with E-state index in [-0.39, 0.29) is 6.17 Å². The van der Waals surface area contributed by atoms with E-state index in [1.54, 1.807) is 18.3 Å². The van der Waals surface area contributed by atoms with Crippen LogP contribution in [0.15, 0.2) is 71.5 Å². The first-order valence-corrected chi connectivity index (χ1v) is 9.20. The number of hydrogen-bond acceptors (Lipinski definition) is 6. The second-order valence-electron chi connectivity index (χ2n) is 6.42. The minimum atomic E-state index is -0.0362. The number of hydrogen-bond donors (Lipinski definition) is 4. The molecule has 0 saturated heterocycles. The fourth-order valence-electron chi connectivity index (χ4n) is 3.10. The number of dihydropyridines is 1. The molecule has 2 aromatic rings. The average molecular weight is 371 g/mol. The Kier molecular flexibility index (Phi) is 5.20. The molecule has 2 aliphatic heterocycles. The fourth-order valence-corrected chi connectivity index (χ4v) is 3.10. The number of nitrogens with zero attached hydrogens (tertiary/aromatic N) is 3. The third kappa shape index (κ3) is 3.96. The van der Waals surface area contributed by atoms with Gasteiger partial charge in [-0.2, -0.15) is 5.26 Å². The molecule has 3 heterocycles. The summed E-state index contributed by atoms with van der Waals surface area (Å²) in [6.45, 7) is 2.09. The molecule has 140 valence electrons. The van der Waals surface area contributed by atoms with Gasteiger partial charge in [0, 0.05) is 42.3 Å². The number of benzene rings is 1. The predicted molar refractivity (Wildman–Crippen MR) is 111 cm³/mol. The Morgan fingerprint density at radius 1 is 1.21 bits per heavy atom. The number of para-hydroxylation sites is 1. The smallest absolute Gasteiger partial charge is 0.132 e. The van der Waals surface area contributed by atoms with Crippen molar-refractivity contribution >= 4 is 17.3 Å². The first-order chi connectivity index (χ1) is 13.8. The number of amidine groups is 1. The number of aliphatic imine (C=N–C) groups is 1. The average Bonchev–Trinajstić information content (AvgIpc) is 2.77. The first kappa shape index (κ1) is 17.6. The maximum atomic E-state index is 8.83. The van der Waals surface area contributed by atoms with Crippen LogP contribution in [-0.2, 0) is 0 Å². The van der Waals surface area contributed by atoms with Gasteiger partial charge in [0.15, 0.2) is 0 Å². The lowest BCUT2D eigenvalue weighted by Gasteiger charge is -2.31. The van der Waals surface area contributed by atoms with E-state index >= 15 is 0 Å². The van der Waals surface area contributed by atoms with Gasteiger partial charge in [-0.15, -0.1) is 0 Å². The van der Waals surface area contributed by atoms with Gasteiger partial charge in [-0.05, 0) is 24.3 Å². The van der Waals surface area contributed by atoms with Crippen molar-refractivity contribution in [3.63, 3.8) is 0 Å². The molecule has 0 amide bonds. The van der Waals surface area contributed by atoms with Crippen LogP contribution in [0.2, 0.25) is 0 Å². The Morgan fingerprint density at radius 2 is 2.14 bits per heavy atom. The van der Waals surface area contributed by atoms with Crippen LogP contribution in [0.5, 0.6) is 0 Å². The van der Waals surface area contributed by atoms with E-state index in [9.17, 15) is 0 Å². The minimum absolute atomic E-state index is 0.0362. The fraction of sp³-hybridized carbons (Fsp3) is 0.190. The number of nitriles is 1. The molecule has 2 aliphatic rings. The van der Waals surface area contributed by atoms with Crippen LogP contribution in [0.1, 0.15) is 11.1 Å². The van der Waals surface area contributed by atoms with Crippen LogP contribution in [0.4, 0.5) is 11.5 Å². The normalized spacial score (nSPS) is 18.8. The molecule has 4 rings (SSSR count). The zero-order chi connectivity index (χ0) is 19.2. The van der Waals surface area contributed by atoms with E-state index < -0.39 is 0 Å². The van der Waals surface area contributed by atoms with Gasteiger partial charge >= 0.3 is 0 Å². The molecule has 1 aromatic heterocycles. The zero-order valence-corrected chi connectivity index (χ0v) is 15.3. The Hall–Kier alpha value is -3.79. The lowest BCUT2D eigenvalue weighted by atomic mass is 10.0. The largest absolute Gasteiger partial charge is 0.387 e. The standard InChI is InChI=1S/C21H21N7/c22-12-15-7-8-19(26-13-15)24-10-11-25-21-17-5-1-2-6-18(17)27-20(28-21)16-4-3-9-23-14-16/h1-8,13-14,20,23,27H,9-11H2,(H,24,26)(H,25,28). The molecular formula is C21H21N7. The monoisotopic (exact) mass is 371 g/mol. The predicted octanol–water partition coefficient (Wildman–Crippen LogP) is 2.20. The van der Waals surface area contributed by atoms with Crippen LogP contribution < -0.4 is 21.3 Å². The Balaban J connectivity index is 1.44. The van der Waals surface area contributed by atoms with Crippen molar-refractivity contribution in [1.82, 2.24) is 15.6 Å². The van der Waals surface area contributed by atoms with Crippen molar-refractivity contribution in [3.8, 4) is 6.07 Å². The van der Waals surface area contributed by atoms with Gasteiger partial charge in [0.2, 0.25) is 0 Å². The summed E-state index contributed by atoms with van der Waals surface area (Å²) in [5, 5.41) is 22.3. The van der Waals surface area contributed by atoms with E-state index in [1.165, 1.54) is 0 Å². The van der Waals surface area contributed by atoms with Crippen LogP contribution >= 0.6 is 0 Å². The highest BCUT2D eigenvalue weighted by Gasteiger charge is 2.23. The van der Waals surface area contributed by atoms with Gasteiger partial charge in [-0.3, -0.25) is 4.99 Å². The molecule has 4 N–H and O–H groups in total. The van der Waals surface area contributed by atoms with Crippen molar-refractivity contribution < 1.29 is 0 Å². The molecule has 1 atom stereocenters. The van der Waals surface area contributed by atoms with Crippen molar-refractivity contribution in [2.45, 2.75) is 6.17 Å². The minimum Gasteiger partial charge on any atom is -0.387 e. The summed E-state index contributed by atoms with van der Waals surface area (Å²) in [5.74, 6) is 1.60. The van der Waals surface area contributed by atoms with Crippen molar-refractivity contribution in [2.75, 3.05) is 30.3 Å². The SMILES string of the molecule is N#Cc1ccc(NCCN=C2NC(C3=CNCC=C3)Nc3ccccc32)nc1. The maximum Gasteiger partial charge on any atom is 0.132 e. The van der Waals surface area contributed by atoms with Gasteiger partial charge in [-0.1, -0.05) is 24.3 Å². The maximum absolute atomic E-state index is 8.83. The number of aromatic nitrogens is 1. The highest BCUT2D eigenvalue weighted by Crippen LogP contribution is 2.23. The van der Waals surface area contributed by atoms with Crippen LogP contribution in [-0.4, -0.2) is 36.6 Å². The van der Waals surface area contributed by atoms with E-state index in [0.717, 1.165) is 35.0 Å². The Bertz CT molecular complexity index is 967. The lowest BCUT2D eigenvalue weighted by Crippen LogP contribution is -2.47. The van der Waals surface area contributed by atoms with Crippen molar-refractivity contribution in [3.05, 3.63) is 77.6 Å². The van der Waals surface area contributed by atoms with Gasteiger partial charge in [0.25, 0.3) is 0 Å². The molecule has 0 aliphatic carbocycles. The first-order valence-electron chi connectivity index (χ1n) is 9.20. The summed E-state index contributed by atoms with van der Waals surface area (Å²) in [7, 11) is 0. The molecule has 0 spiro atoms. The summed E-state index contributed by atoms with van der Waals surface area (Å²) >= 11 is 0. The number of fused-ring (bicyclic) bond motifs is 1. The Morgan fingerprint density at radius 3 is 2.93 bits per heavy atom. The van der Waals surface area contributed by atoms with E-state index in [0.29, 0.717) is 18.7 Å². The summed E-state index contributed by atoms with van der Waals surface area (Å²) < 4.78 is 0. The van der Waals surface area contributed by atoms with Crippen LogP contribution in [0.25, 0.3) is 0 Å². The summed E-state index contributed by atoms with van der Waals surface area (Å²) in [4.78, 5) is 8.98. The third-order valence-electron chi connectivity index (χ3n) is 4.49. The van der Waals surface area contributed by atoms with Gasteiger partial charge < -0.3 is 21.3 Å². The van der Waals surface area contributed by atoms with Crippen LogP contribution in [0, 0.1) is 11.3 Å². The van der Waals surface area contributed by atoms with Gasteiger partial charge in [0.05, 0.1) is 12.1 Å². The molecule has 1 aromatic carbocycles. The highest BCUT2D eigenvalue weighted by molar-refractivity contribution is 6.05. The summed E-state index contributed by atoms with van der Waals surface area (Å²) in [6, 6.07) is 13.8. The van der Waals surface area contributed by atoms with Crippen molar-refractivity contribution in [1.29, 1.82) is 5.26 Å². The number of pyridine rings is 1. The summed E-state index contributed by atoms with van der Waals surface area (Å²) in [5.41, 5.74) is 3.80. The lowest BCUT2D eigenvalue weighted by molar-refractivity contribution is 0.754. The molecular weight excluding hydrogens is 350 g/mol. The molecule has 28 heavy (non-hydrogen) atoms. The van der Waals surface area contributed by atoms with E-state index in [4.69, 9.17) is 10.3 Å². The quantitative estimate of drug-likeness (QED) is 0.602. The third-order valence-corrected chi connectivity index (χ3v) is 4.49. The molecule has 7 nitrogen and oxygen atoms in total. The van der Waals surface area contributed by atoms with Gasteiger partial charge in [-0.25, -0.2) is 4.98 Å². The second-order valence-corrected chi connectivity index (χ2v) is 6.42. The molecule has 7 heteroatoms. The van der Waals surface area contributed by atoms with Crippen molar-refractivity contribution in [2.24, 2.45) is 4.99 Å².